The molecular formula is C10H22N2OS2. The van der Waals surface area contributed by atoms with Gasteiger partial charge in [-0.05, 0) is 37.1 Å². The van der Waals surface area contributed by atoms with Gasteiger partial charge in [-0.2, -0.15) is 11.8 Å². The lowest BCUT2D eigenvalue weighted by atomic mass is 10.4. The average molecular weight is 250 g/mol. The van der Waals surface area contributed by atoms with E-state index in [1.807, 2.05) is 18.8 Å². The first-order valence-electron chi connectivity index (χ1n) is 5.19. The zero-order valence-electron chi connectivity index (χ0n) is 9.91. The topological polar surface area (TPSA) is 24.5 Å². The first-order chi connectivity index (χ1) is 7.22. The molecule has 0 radical (unpaired) electrons. The third-order valence-electron chi connectivity index (χ3n) is 1.99. The Labute approximate surface area is 103 Å². The van der Waals surface area contributed by atoms with E-state index in [0.29, 0.717) is 0 Å². The predicted octanol–water partition coefficient (Wildman–Crippen LogP) is 1.58. The van der Waals surface area contributed by atoms with Crippen LogP contribution in [-0.4, -0.2) is 55.9 Å². The molecule has 5 heteroatoms. The molecule has 0 aliphatic rings. The number of hydrogen-bond donors (Lipinski definition) is 1. The van der Waals surface area contributed by atoms with Crippen LogP contribution in [0, 0.1) is 0 Å². The van der Waals surface area contributed by atoms with E-state index in [9.17, 15) is 0 Å². The highest BCUT2D eigenvalue weighted by molar-refractivity contribution is 7.98. The van der Waals surface area contributed by atoms with E-state index >= 15 is 0 Å². The van der Waals surface area contributed by atoms with Gasteiger partial charge in [-0.15, -0.1) is 0 Å². The summed E-state index contributed by atoms with van der Waals surface area (Å²) in [5.74, 6) is 1.18. The van der Waals surface area contributed by atoms with Crippen LogP contribution in [0.15, 0.2) is 0 Å². The molecule has 0 amide bonds. The van der Waals surface area contributed by atoms with Crippen LogP contribution in [-0.2, 0) is 4.74 Å². The molecule has 0 unspecified atom stereocenters. The fourth-order valence-corrected chi connectivity index (χ4v) is 1.72. The zero-order valence-corrected chi connectivity index (χ0v) is 11.5. The van der Waals surface area contributed by atoms with Crippen molar-refractivity contribution in [1.29, 1.82) is 0 Å². The molecule has 0 rings (SSSR count). The minimum atomic E-state index is 0.791. The van der Waals surface area contributed by atoms with Crippen LogP contribution in [0.1, 0.15) is 12.8 Å². The SMILES string of the molecule is COCCCN(C)C(=S)NCCCSC. The first kappa shape index (κ1) is 15.0. The van der Waals surface area contributed by atoms with Crippen molar-refractivity contribution in [3.05, 3.63) is 0 Å². The number of hydrogen-bond acceptors (Lipinski definition) is 3. The van der Waals surface area contributed by atoms with Crippen LogP contribution in [0.3, 0.4) is 0 Å². The van der Waals surface area contributed by atoms with Gasteiger partial charge in [0.05, 0.1) is 0 Å². The molecule has 15 heavy (non-hydrogen) atoms. The van der Waals surface area contributed by atoms with E-state index in [2.05, 4.69) is 16.5 Å². The maximum absolute atomic E-state index is 5.24. The Balaban J connectivity index is 3.42. The smallest absolute Gasteiger partial charge is 0.168 e. The second kappa shape index (κ2) is 10.5. The highest BCUT2D eigenvalue weighted by Gasteiger charge is 2.02. The van der Waals surface area contributed by atoms with Crippen molar-refractivity contribution in [2.45, 2.75) is 12.8 Å². The Morgan fingerprint density at radius 3 is 2.80 bits per heavy atom. The second-order valence-corrected chi connectivity index (χ2v) is 4.72. The summed E-state index contributed by atoms with van der Waals surface area (Å²) >= 11 is 7.11. The number of thiocarbonyl (C=S) groups is 1. The van der Waals surface area contributed by atoms with Gasteiger partial charge in [0.1, 0.15) is 0 Å². The van der Waals surface area contributed by atoms with Gasteiger partial charge in [-0.3, -0.25) is 0 Å². The number of thioether (sulfide) groups is 1. The number of rotatable bonds is 8. The Bertz CT molecular complexity index is 168. The van der Waals surface area contributed by atoms with Gasteiger partial charge >= 0.3 is 0 Å². The summed E-state index contributed by atoms with van der Waals surface area (Å²) in [7, 11) is 3.73. The lowest BCUT2D eigenvalue weighted by Crippen LogP contribution is -2.38. The van der Waals surface area contributed by atoms with Gasteiger partial charge in [-0.1, -0.05) is 0 Å². The monoisotopic (exact) mass is 250 g/mol. The third kappa shape index (κ3) is 8.96. The average Bonchev–Trinajstić information content (AvgIpc) is 2.24. The Hall–Kier alpha value is 0. The standard InChI is InChI=1S/C10H22N2OS2/c1-12(7-5-8-13-2)10(14)11-6-4-9-15-3/h4-9H2,1-3H3,(H,11,14). The van der Waals surface area contributed by atoms with Gasteiger partial charge in [-0.25, -0.2) is 0 Å². The molecule has 0 fully saturated rings. The van der Waals surface area contributed by atoms with E-state index in [1.54, 1.807) is 7.11 Å². The third-order valence-corrected chi connectivity index (χ3v) is 3.14. The predicted molar refractivity (Wildman–Crippen MR) is 72.7 cm³/mol. The molecule has 0 bridgehead atoms. The van der Waals surface area contributed by atoms with Gasteiger partial charge in [0.15, 0.2) is 5.11 Å². The summed E-state index contributed by atoms with van der Waals surface area (Å²) in [5.41, 5.74) is 0. The lowest BCUT2D eigenvalue weighted by molar-refractivity contribution is 0.188. The summed E-state index contributed by atoms with van der Waals surface area (Å²) in [6.07, 6.45) is 4.29. The second-order valence-electron chi connectivity index (χ2n) is 3.35. The molecule has 0 atom stereocenters. The van der Waals surface area contributed by atoms with Crippen molar-refractivity contribution in [3.8, 4) is 0 Å². The Morgan fingerprint density at radius 1 is 1.47 bits per heavy atom. The van der Waals surface area contributed by atoms with Crippen molar-refractivity contribution >= 4 is 29.1 Å². The number of nitrogens with zero attached hydrogens (tertiary/aromatic N) is 1. The van der Waals surface area contributed by atoms with Gasteiger partial charge in [0.25, 0.3) is 0 Å². The van der Waals surface area contributed by atoms with Crippen molar-refractivity contribution < 1.29 is 4.74 Å². The zero-order chi connectivity index (χ0) is 11.5. The van der Waals surface area contributed by atoms with Crippen molar-refractivity contribution in [3.63, 3.8) is 0 Å². The van der Waals surface area contributed by atoms with Crippen LogP contribution in [0.5, 0.6) is 0 Å². The highest BCUT2D eigenvalue weighted by atomic mass is 32.2. The maximum atomic E-state index is 5.24. The molecule has 0 aromatic rings. The van der Waals surface area contributed by atoms with Crippen LogP contribution >= 0.6 is 24.0 Å². The quantitative estimate of drug-likeness (QED) is 0.521. The number of methoxy groups -OCH3 is 1. The van der Waals surface area contributed by atoms with E-state index in [-0.39, 0.29) is 0 Å². The summed E-state index contributed by atoms with van der Waals surface area (Å²) in [5, 5.41) is 4.09. The Kier molecular flexibility index (Phi) is 10.5. The molecule has 0 aliphatic carbocycles. The molecule has 0 saturated carbocycles. The normalized spacial score (nSPS) is 10.1. The van der Waals surface area contributed by atoms with E-state index in [1.165, 1.54) is 5.75 Å². The lowest BCUT2D eigenvalue weighted by Gasteiger charge is -2.20. The fraction of sp³-hybridized carbons (Fsp3) is 0.900. The largest absolute Gasteiger partial charge is 0.385 e. The molecular weight excluding hydrogens is 228 g/mol. The van der Waals surface area contributed by atoms with Crippen molar-refractivity contribution in [1.82, 2.24) is 10.2 Å². The van der Waals surface area contributed by atoms with Crippen molar-refractivity contribution in [2.75, 3.05) is 45.9 Å². The summed E-state index contributed by atoms with van der Waals surface area (Å²) in [6, 6.07) is 0. The highest BCUT2D eigenvalue weighted by Crippen LogP contribution is 1.94. The summed E-state index contributed by atoms with van der Waals surface area (Å²) in [6.45, 7) is 2.70. The molecule has 0 aromatic carbocycles. The minimum absolute atomic E-state index is 0.791. The van der Waals surface area contributed by atoms with Crippen LogP contribution in [0.4, 0.5) is 0 Å². The molecule has 0 aromatic heterocycles. The van der Waals surface area contributed by atoms with E-state index < -0.39 is 0 Å². The van der Waals surface area contributed by atoms with E-state index in [0.717, 1.165) is 37.7 Å². The van der Waals surface area contributed by atoms with Crippen LogP contribution in [0.25, 0.3) is 0 Å². The van der Waals surface area contributed by atoms with E-state index in [4.69, 9.17) is 17.0 Å². The summed E-state index contributed by atoms with van der Waals surface area (Å²) < 4.78 is 4.99. The Morgan fingerprint density at radius 2 is 2.20 bits per heavy atom. The van der Waals surface area contributed by atoms with Gasteiger partial charge < -0.3 is 15.0 Å². The van der Waals surface area contributed by atoms with Crippen molar-refractivity contribution in [2.24, 2.45) is 0 Å². The molecule has 0 spiro atoms. The first-order valence-corrected chi connectivity index (χ1v) is 6.99. The van der Waals surface area contributed by atoms with Gasteiger partial charge in [0.2, 0.25) is 0 Å². The molecule has 90 valence electrons. The molecule has 1 N–H and O–H groups in total. The number of ether oxygens (including phenoxy) is 1. The summed E-state index contributed by atoms with van der Waals surface area (Å²) in [4.78, 5) is 2.06. The maximum Gasteiger partial charge on any atom is 0.168 e. The van der Waals surface area contributed by atoms with Crippen LogP contribution in [0.2, 0.25) is 0 Å². The minimum Gasteiger partial charge on any atom is -0.385 e. The number of nitrogens with one attached hydrogen (secondary N) is 1. The fourth-order valence-electron chi connectivity index (χ4n) is 1.09. The van der Waals surface area contributed by atoms with Crippen LogP contribution < -0.4 is 5.32 Å². The molecule has 0 aliphatic heterocycles. The van der Waals surface area contributed by atoms with Gasteiger partial charge in [0, 0.05) is 33.9 Å². The molecule has 0 saturated heterocycles. The molecule has 0 heterocycles. The molecule has 3 nitrogen and oxygen atoms in total.